The zero-order chi connectivity index (χ0) is 18.4. The monoisotopic (exact) mass is 365 g/mol. The van der Waals surface area contributed by atoms with Crippen LogP contribution in [0.1, 0.15) is 24.3 Å². The van der Waals surface area contributed by atoms with Gasteiger partial charge in [0.25, 0.3) is 5.56 Å². The standard InChI is InChI=1S/C15H23N5O4Si/c1-9-6-19(15(23)16-14(9)22)13-5-10(11(8-21)24-13)20-7-12(17-18-20)25(2,3)4/h6-7,10-11,13,21H,5,8H2,1-4H3,(H,16,22,23)/t10-,11+,13+/m0/s1. The molecule has 2 N–H and O–H groups in total. The van der Waals surface area contributed by atoms with Crippen LogP contribution < -0.4 is 16.6 Å². The molecule has 1 aliphatic heterocycles. The third-order valence-electron chi connectivity index (χ3n) is 4.46. The topological polar surface area (TPSA) is 115 Å². The number of aliphatic hydroxyl groups is 1. The number of nitrogens with zero attached hydrogens (tertiary/aromatic N) is 4. The minimum absolute atomic E-state index is 0.194. The molecule has 2 aromatic heterocycles. The lowest BCUT2D eigenvalue weighted by Crippen LogP contribution is -2.38. The molecule has 9 nitrogen and oxygen atoms in total. The second-order valence-corrected chi connectivity index (χ2v) is 12.4. The van der Waals surface area contributed by atoms with E-state index in [9.17, 15) is 14.7 Å². The first-order chi connectivity index (χ1) is 11.7. The third-order valence-corrected chi connectivity index (χ3v) is 6.22. The molecule has 2 aromatic rings. The molecule has 1 fully saturated rings. The largest absolute Gasteiger partial charge is 0.394 e. The molecular weight excluding hydrogens is 342 g/mol. The van der Waals surface area contributed by atoms with Crippen molar-refractivity contribution in [3.63, 3.8) is 0 Å². The molecule has 3 atom stereocenters. The van der Waals surface area contributed by atoms with Crippen LogP contribution in [-0.4, -0.2) is 50.4 Å². The van der Waals surface area contributed by atoms with E-state index in [2.05, 4.69) is 34.9 Å². The molecule has 0 saturated carbocycles. The maximum Gasteiger partial charge on any atom is 0.330 e. The van der Waals surface area contributed by atoms with Gasteiger partial charge in [-0.2, -0.15) is 0 Å². The van der Waals surface area contributed by atoms with Gasteiger partial charge in [-0.25, -0.2) is 9.48 Å². The van der Waals surface area contributed by atoms with Crippen LogP contribution in [0, 0.1) is 6.92 Å². The summed E-state index contributed by atoms with van der Waals surface area (Å²) < 4.78 is 8.93. The number of aliphatic hydroxyl groups excluding tert-OH is 1. The van der Waals surface area contributed by atoms with Crippen LogP contribution in [0.2, 0.25) is 19.6 Å². The highest BCUT2D eigenvalue weighted by atomic mass is 28.3. The van der Waals surface area contributed by atoms with Gasteiger partial charge in [-0.1, -0.05) is 24.9 Å². The Morgan fingerprint density at radius 1 is 1.36 bits per heavy atom. The normalized spacial score (nSPS) is 24.0. The Morgan fingerprint density at radius 2 is 2.08 bits per heavy atom. The van der Waals surface area contributed by atoms with Crippen molar-refractivity contribution in [3.05, 3.63) is 38.8 Å². The summed E-state index contributed by atoms with van der Waals surface area (Å²) in [7, 11) is -1.59. The molecule has 0 unspecified atom stereocenters. The fourth-order valence-corrected chi connectivity index (χ4v) is 3.78. The summed E-state index contributed by atoms with van der Waals surface area (Å²) in [6, 6.07) is -0.230. The van der Waals surface area contributed by atoms with E-state index in [4.69, 9.17) is 4.74 Å². The predicted molar refractivity (Wildman–Crippen MR) is 93.7 cm³/mol. The quantitative estimate of drug-likeness (QED) is 0.706. The van der Waals surface area contributed by atoms with Gasteiger partial charge in [0.05, 0.1) is 18.0 Å². The lowest BCUT2D eigenvalue weighted by molar-refractivity contribution is -0.0323. The number of aromatic amines is 1. The molecule has 25 heavy (non-hydrogen) atoms. The Balaban J connectivity index is 1.91. The first-order valence-electron chi connectivity index (χ1n) is 8.21. The van der Waals surface area contributed by atoms with E-state index < -0.39 is 31.7 Å². The van der Waals surface area contributed by atoms with Gasteiger partial charge in [-0.05, 0) is 6.92 Å². The fraction of sp³-hybridized carbons (Fsp3) is 0.600. The first-order valence-corrected chi connectivity index (χ1v) is 11.7. The van der Waals surface area contributed by atoms with Crippen molar-refractivity contribution in [2.75, 3.05) is 6.61 Å². The van der Waals surface area contributed by atoms with Crippen LogP contribution in [0.4, 0.5) is 0 Å². The summed E-state index contributed by atoms with van der Waals surface area (Å²) in [5.74, 6) is 0. The van der Waals surface area contributed by atoms with E-state index in [0.717, 1.165) is 5.32 Å². The minimum Gasteiger partial charge on any atom is -0.394 e. The third kappa shape index (κ3) is 3.37. The first kappa shape index (κ1) is 17.8. The van der Waals surface area contributed by atoms with E-state index in [0.29, 0.717) is 12.0 Å². The second kappa shape index (κ2) is 6.35. The van der Waals surface area contributed by atoms with Crippen molar-refractivity contribution in [1.82, 2.24) is 24.5 Å². The Kier molecular flexibility index (Phi) is 4.52. The van der Waals surface area contributed by atoms with Crippen molar-refractivity contribution in [2.45, 2.75) is 51.4 Å². The van der Waals surface area contributed by atoms with Gasteiger partial charge in [-0.15, -0.1) is 5.10 Å². The summed E-state index contributed by atoms with van der Waals surface area (Å²) in [4.78, 5) is 25.9. The van der Waals surface area contributed by atoms with Gasteiger partial charge in [0.15, 0.2) is 0 Å². The number of aromatic nitrogens is 5. The Labute approximate surface area is 145 Å². The lowest BCUT2D eigenvalue weighted by Gasteiger charge is -2.16. The molecule has 0 amide bonds. The summed E-state index contributed by atoms with van der Waals surface area (Å²) in [5.41, 5.74) is -0.515. The Bertz CT molecular complexity index is 881. The van der Waals surface area contributed by atoms with Gasteiger partial charge in [0, 0.05) is 24.4 Å². The maximum atomic E-state index is 12.1. The molecule has 3 rings (SSSR count). The van der Waals surface area contributed by atoms with Crippen LogP contribution in [0.3, 0.4) is 0 Å². The molecule has 3 heterocycles. The zero-order valence-electron chi connectivity index (χ0n) is 14.8. The van der Waals surface area contributed by atoms with E-state index in [1.807, 2.05) is 6.20 Å². The summed E-state index contributed by atoms with van der Waals surface area (Å²) in [6.07, 6.45) is 2.76. The van der Waals surface area contributed by atoms with Crippen LogP contribution in [0.5, 0.6) is 0 Å². The highest BCUT2D eigenvalue weighted by molar-refractivity contribution is 6.88. The van der Waals surface area contributed by atoms with Gasteiger partial charge in [0.1, 0.15) is 20.4 Å². The fourth-order valence-electron chi connectivity index (χ4n) is 2.91. The smallest absolute Gasteiger partial charge is 0.330 e. The molecular formula is C15H23N5O4Si. The second-order valence-electron chi connectivity index (χ2n) is 7.43. The average molecular weight is 365 g/mol. The Morgan fingerprint density at radius 3 is 2.68 bits per heavy atom. The van der Waals surface area contributed by atoms with Crippen molar-refractivity contribution in [1.29, 1.82) is 0 Å². The Hall–Kier alpha value is -2.04. The molecule has 0 spiro atoms. The van der Waals surface area contributed by atoms with Gasteiger partial charge < -0.3 is 9.84 Å². The number of rotatable bonds is 4. The number of nitrogens with one attached hydrogen (secondary N) is 1. The van der Waals surface area contributed by atoms with Crippen LogP contribution in [0.25, 0.3) is 0 Å². The lowest BCUT2D eigenvalue weighted by atomic mass is 10.1. The highest BCUT2D eigenvalue weighted by Crippen LogP contribution is 2.35. The number of hydrogen-bond donors (Lipinski definition) is 2. The van der Waals surface area contributed by atoms with Gasteiger partial charge in [-0.3, -0.25) is 14.3 Å². The molecule has 1 saturated heterocycles. The van der Waals surface area contributed by atoms with E-state index in [-0.39, 0.29) is 12.6 Å². The molecule has 10 heteroatoms. The van der Waals surface area contributed by atoms with E-state index in [1.165, 1.54) is 10.8 Å². The minimum atomic E-state index is -1.59. The molecule has 0 aromatic carbocycles. The van der Waals surface area contributed by atoms with Crippen LogP contribution in [0.15, 0.2) is 22.0 Å². The van der Waals surface area contributed by atoms with Crippen molar-refractivity contribution < 1.29 is 9.84 Å². The van der Waals surface area contributed by atoms with Gasteiger partial charge >= 0.3 is 5.69 Å². The SMILES string of the molecule is Cc1cn([C@H]2C[C@H](n3cc([Si](C)(C)C)nn3)[C@@H](CO)O2)c(=O)[nH]c1=O. The van der Waals surface area contributed by atoms with Crippen molar-refractivity contribution in [2.24, 2.45) is 0 Å². The number of aryl methyl sites for hydroxylation is 1. The number of hydrogen-bond acceptors (Lipinski definition) is 6. The number of ether oxygens (including phenoxy) is 1. The molecule has 0 aliphatic carbocycles. The molecule has 0 bridgehead atoms. The predicted octanol–water partition coefficient (Wildman–Crippen LogP) is -0.497. The molecule has 0 radical (unpaired) electrons. The summed E-state index contributed by atoms with van der Waals surface area (Å²) in [5, 5.41) is 19.1. The van der Waals surface area contributed by atoms with Gasteiger partial charge in [0.2, 0.25) is 0 Å². The van der Waals surface area contributed by atoms with Crippen molar-refractivity contribution in [3.8, 4) is 0 Å². The van der Waals surface area contributed by atoms with Crippen LogP contribution >= 0.6 is 0 Å². The maximum absolute atomic E-state index is 12.1. The number of H-pyrrole nitrogens is 1. The molecule has 1 aliphatic rings. The van der Waals surface area contributed by atoms with E-state index in [1.54, 1.807) is 11.6 Å². The molecule has 136 valence electrons. The van der Waals surface area contributed by atoms with E-state index >= 15 is 0 Å². The van der Waals surface area contributed by atoms with Crippen molar-refractivity contribution >= 4 is 13.4 Å². The summed E-state index contributed by atoms with van der Waals surface area (Å²) >= 11 is 0. The summed E-state index contributed by atoms with van der Waals surface area (Å²) in [6.45, 7) is 7.98. The van der Waals surface area contributed by atoms with Crippen LogP contribution in [-0.2, 0) is 4.74 Å². The average Bonchev–Trinajstić information content (AvgIpc) is 3.16. The zero-order valence-corrected chi connectivity index (χ0v) is 15.8. The highest BCUT2D eigenvalue weighted by Gasteiger charge is 2.38.